The maximum Gasteiger partial charge on any atom is 0.223 e. The lowest BCUT2D eigenvalue weighted by atomic mass is 10.0. The predicted molar refractivity (Wildman–Crippen MR) is 80.9 cm³/mol. The van der Waals surface area contributed by atoms with Gasteiger partial charge in [-0.15, -0.1) is 0 Å². The zero-order valence-electron chi connectivity index (χ0n) is 12.6. The largest absolute Gasteiger partial charge is 0.503 e. The van der Waals surface area contributed by atoms with Crippen LogP contribution in [0.3, 0.4) is 0 Å². The Morgan fingerprint density at radius 3 is 2.95 bits per heavy atom. The fourth-order valence-electron chi connectivity index (χ4n) is 2.93. The number of likely N-dealkylation sites (tertiary alicyclic amines) is 1. The van der Waals surface area contributed by atoms with Crippen molar-refractivity contribution in [2.75, 3.05) is 13.1 Å². The second-order valence-corrected chi connectivity index (χ2v) is 6.04. The molecule has 1 N–H and O–H groups in total. The average molecular weight is 278 g/mol. The molecular formula is C16H26N2O2. The minimum atomic E-state index is -0.266. The maximum absolute atomic E-state index is 11.7. The van der Waals surface area contributed by atoms with Crippen LogP contribution in [-0.2, 0) is 13.1 Å². The van der Waals surface area contributed by atoms with Crippen LogP contribution < -0.4 is 5.43 Å². The van der Waals surface area contributed by atoms with Crippen LogP contribution in [0.5, 0.6) is 5.75 Å². The zero-order valence-corrected chi connectivity index (χ0v) is 12.6. The highest BCUT2D eigenvalue weighted by Gasteiger charge is 2.17. The van der Waals surface area contributed by atoms with E-state index in [9.17, 15) is 9.90 Å². The smallest absolute Gasteiger partial charge is 0.223 e. The van der Waals surface area contributed by atoms with Crippen LogP contribution in [0.25, 0.3) is 0 Å². The van der Waals surface area contributed by atoms with Crippen LogP contribution >= 0.6 is 0 Å². The summed E-state index contributed by atoms with van der Waals surface area (Å²) in [6.45, 7) is 8.31. The Hall–Kier alpha value is -1.29. The number of nitrogens with zero attached hydrogens (tertiary/aromatic N) is 2. The van der Waals surface area contributed by atoms with Crippen molar-refractivity contribution in [3.05, 3.63) is 28.2 Å². The summed E-state index contributed by atoms with van der Waals surface area (Å²) in [5.74, 6) is 0.591. The Morgan fingerprint density at radius 1 is 1.45 bits per heavy atom. The van der Waals surface area contributed by atoms with Crippen molar-refractivity contribution >= 4 is 0 Å². The number of pyridine rings is 1. The van der Waals surface area contributed by atoms with Crippen molar-refractivity contribution in [2.45, 2.75) is 52.6 Å². The van der Waals surface area contributed by atoms with Gasteiger partial charge in [0.1, 0.15) is 0 Å². The molecule has 0 amide bonds. The van der Waals surface area contributed by atoms with Gasteiger partial charge in [0.15, 0.2) is 5.75 Å². The Bertz CT molecular complexity index is 496. The summed E-state index contributed by atoms with van der Waals surface area (Å²) in [5.41, 5.74) is 0.758. The van der Waals surface area contributed by atoms with Crippen LogP contribution in [0.15, 0.2) is 17.1 Å². The molecule has 0 aliphatic carbocycles. The predicted octanol–water partition coefficient (Wildman–Crippen LogP) is 2.59. The van der Waals surface area contributed by atoms with Gasteiger partial charge in [0.05, 0.1) is 6.20 Å². The number of hydrogen-bond donors (Lipinski definition) is 1. The highest BCUT2D eigenvalue weighted by Crippen LogP contribution is 2.18. The van der Waals surface area contributed by atoms with Crippen molar-refractivity contribution < 1.29 is 5.11 Å². The number of rotatable bonds is 5. The van der Waals surface area contributed by atoms with E-state index in [1.165, 1.54) is 12.8 Å². The molecule has 1 aromatic heterocycles. The first kappa shape index (κ1) is 15.1. The number of aryl methyl sites for hydroxylation is 1. The molecule has 0 spiro atoms. The lowest BCUT2D eigenvalue weighted by Crippen LogP contribution is -2.35. The first-order chi connectivity index (χ1) is 9.60. The van der Waals surface area contributed by atoms with E-state index in [0.717, 1.165) is 50.6 Å². The minimum Gasteiger partial charge on any atom is -0.503 e. The van der Waals surface area contributed by atoms with Crippen molar-refractivity contribution in [2.24, 2.45) is 5.92 Å². The number of aromatic nitrogens is 1. The van der Waals surface area contributed by atoms with Gasteiger partial charge in [-0.2, -0.15) is 0 Å². The molecule has 4 nitrogen and oxygen atoms in total. The second kappa shape index (κ2) is 6.93. The molecule has 1 saturated heterocycles. The second-order valence-electron chi connectivity index (χ2n) is 6.04. The van der Waals surface area contributed by atoms with Gasteiger partial charge in [0, 0.05) is 31.4 Å². The van der Waals surface area contributed by atoms with E-state index >= 15 is 0 Å². The van der Waals surface area contributed by atoms with Gasteiger partial charge in [0.2, 0.25) is 5.43 Å². The summed E-state index contributed by atoms with van der Waals surface area (Å²) in [7, 11) is 0. The number of piperidine rings is 1. The van der Waals surface area contributed by atoms with E-state index in [1.807, 2.05) is 4.57 Å². The monoisotopic (exact) mass is 278 g/mol. The Labute approximate surface area is 121 Å². The fraction of sp³-hybridized carbons (Fsp3) is 0.688. The van der Waals surface area contributed by atoms with E-state index < -0.39 is 0 Å². The topological polar surface area (TPSA) is 45.5 Å². The molecule has 1 unspecified atom stereocenters. The molecule has 2 heterocycles. The first-order valence-electron chi connectivity index (χ1n) is 7.74. The van der Waals surface area contributed by atoms with Crippen LogP contribution in [-0.4, -0.2) is 27.7 Å². The quantitative estimate of drug-likeness (QED) is 0.900. The maximum atomic E-state index is 11.7. The summed E-state index contributed by atoms with van der Waals surface area (Å²) in [4.78, 5) is 14.1. The van der Waals surface area contributed by atoms with Crippen LogP contribution in [0.1, 0.15) is 45.2 Å². The van der Waals surface area contributed by atoms with E-state index in [0.29, 0.717) is 0 Å². The van der Waals surface area contributed by atoms with Gasteiger partial charge in [-0.25, -0.2) is 0 Å². The summed E-state index contributed by atoms with van der Waals surface area (Å²) >= 11 is 0. The van der Waals surface area contributed by atoms with Gasteiger partial charge in [-0.1, -0.05) is 20.3 Å². The van der Waals surface area contributed by atoms with Gasteiger partial charge in [-0.3, -0.25) is 9.69 Å². The van der Waals surface area contributed by atoms with E-state index in [-0.39, 0.29) is 11.2 Å². The summed E-state index contributed by atoms with van der Waals surface area (Å²) in [6.07, 6.45) is 6.30. The summed E-state index contributed by atoms with van der Waals surface area (Å²) in [6, 6.07) is 1.60. The third-order valence-corrected chi connectivity index (χ3v) is 4.08. The average Bonchev–Trinajstić information content (AvgIpc) is 2.41. The summed E-state index contributed by atoms with van der Waals surface area (Å²) in [5, 5.41) is 9.62. The van der Waals surface area contributed by atoms with Gasteiger partial charge in [-0.05, 0) is 31.7 Å². The normalized spacial score (nSPS) is 20.2. The summed E-state index contributed by atoms with van der Waals surface area (Å²) < 4.78 is 2.04. The van der Waals surface area contributed by atoms with E-state index in [1.54, 1.807) is 12.3 Å². The Morgan fingerprint density at radius 2 is 2.25 bits per heavy atom. The fourth-order valence-corrected chi connectivity index (χ4v) is 2.93. The molecule has 1 aliphatic rings. The molecular weight excluding hydrogens is 252 g/mol. The molecule has 20 heavy (non-hydrogen) atoms. The lowest BCUT2D eigenvalue weighted by Gasteiger charge is -2.31. The third-order valence-electron chi connectivity index (χ3n) is 4.08. The Kier molecular flexibility index (Phi) is 5.24. The van der Waals surface area contributed by atoms with Gasteiger partial charge < -0.3 is 9.67 Å². The first-order valence-corrected chi connectivity index (χ1v) is 7.74. The lowest BCUT2D eigenvalue weighted by molar-refractivity contribution is 0.172. The SMILES string of the molecule is CCCCn1cc(O)c(=O)cc1CN1CCCC(C)C1. The highest BCUT2D eigenvalue weighted by atomic mass is 16.3. The molecule has 1 atom stereocenters. The number of unbranched alkanes of at least 4 members (excludes halogenated alkanes) is 1. The molecule has 0 aromatic carbocycles. The molecule has 0 bridgehead atoms. The molecule has 1 aromatic rings. The van der Waals surface area contributed by atoms with E-state index in [4.69, 9.17) is 0 Å². The molecule has 0 radical (unpaired) electrons. The minimum absolute atomic E-state index is 0.142. The Balaban J connectivity index is 2.15. The van der Waals surface area contributed by atoms with Crippen LogP contribution in [0, 0.1) is 5.92 Å². The molecule has 1 fully saturated rings. The highest BCUT2D eigenvalue weighted by molar-refractivity contribution is 5.20. The molecule has 4 heteroatoms. The van der Waals surface area contributed by atoms with E-state index in [2.05, 4.69) is 18.7 Å². The number of hydrogen-bond acceptors (Lipinski definition) is 3. The molecule has 0 saturated carbocycles. The van der Waals surface area contributed by atoms with Crippen molar-refractivity contribution in [1.82, 2.24) is 9.47 Å². The zero-order chi connectivity index (χ0) is 14.5. The van der Waals surface area contributed by atoms with Crippen molar-refractivity contribution in [3.8, 4) is 5.75 Å². The van der Waals surface area contributed by atoms with Crippen molar-refractivity contribution in [1.29, 1.82) is 0 Å². The third kappa shape index (κ3) is 3.85. The van der Waals surface area contributed by atoms with Crippen molar-refractivity contribution in [3.63, 3.8) is 0 Å². The van der Waals surface area contributed by atoms with Crippen LogP contribution in [0.4, 0.5) is 0 Å². The number of aromatic hydroxyl groups is 1. The van der Waals surface area contributed by atoms with Gasteiger partial charge in [0.25, 0.3) is 0 Å². The van der Waals surface area contributed by atoms with Crippen LogP contribution in [0.2, 0.25) is 0 Å². The molecule has 112 valence electrons. The standard InChI is InChI=1S/C16H26N2O2/c1-3-4-8-18-12-16(20)15(19)9-14(18)11-17-7-5-6-13(2)10-17/h9,12-13,20H,3-8,10-11H2,1-2H3. The molecule has 1 aliphatic heterocycles. The van der Waals surface area contributed by atoms with Gasteiger partial charge >= 0.3 is 0 Å². The molecule has 2 rings (SSSR count).